The largest absolute Gasteiger partial charge is 0.466 e. The summed E-state index contributed by atoms with van der Waals surface area (Å²) in [6.45, 7) is 9.30. The molecule has 0 radical (unpaired) electrons. The quantitative estimate of drug-likeness (QED) is 0.249. The van der Waals surface area contributed by atoms with Crippen LogP contribution < -0.4 is 10.7 Å². The van der Waals surface area contributed by atoms with E-state index in [9.17, 15) is 29.1 Å². The van der Waals surface area contributed by atoms with E-state index in [-0.39, 0.29) is 26.1 Å². The molecule has 12 heteroatoms. The molecular formula is C22H35N3O9. The van der Waals surface area contributed by atoms with Gasteiger partial charge in [0.25, 0.3) is 5.91 Å². The summed E-state index contributed by atoms with van der Waals surface area (Å²) in [5.74, 6) is -5.09. The highest BCUT2D eigenvalue weighted by molar-refractivity contribution is 5.94. The maximum absolute atomic E-state index is 13.2. The van der Waals surface area contributed by atoms with E-state index in [1.54, 1.807) is 34.6 Å². The molecule has 2 aliphatic carbocycles. The molecule has 12 nitrogen and oxygen atoms in total. The van der Waals surface area contributed by atoms with Gasteiger partial charge in [0.15, 0.2) is 5.54 Å². The molecule has 0 aliphatic heterocycles. The van der Waals surface area contributed by atoms with Crippen LogP contribution >= 0.6 is 0 Å². The minimum Gasteiger partial charge on any atom is -0.466 e. The van der Waals surface area contributed by atoms with Gasteiger partial charge in [0.1, 0.15) is 12.1 Å². The molecule has 0 aromatic heterocycles. The Balaban J connectivity index is 2.31. The maximum atomic E-state index is 13.2. The second-order valence-electron chi connectivity index (χ2n) is 9.27. The van der Waals surface area contributed by atoms with Crippen molar-refractivity contribution in [2.75, 3.05) is 19.8 Å². The summed E-state index contributed by atoms with van der Waals surface area (Å²) in [4.78, 5) is 63.2. The monoisotopic (exact) mass is 485 g/mol. The molecule has 2 aliphatic rings. The average Bonchev–Trinajstić information content (AvgIpc) is 3.42. The van der Waals surface area contributed by atoms with Crippen molar-refractivity contribution in [3.05, 3.63) is 0 Å². The van der Waals surface area contributed by atoms with Gasteiger partial charge in [-0.05, 0) is 34.6 Å². The van der Waals surface area contributed by atoms with Crippen molar-refractivity contribution in [1.29, 1.82) is 0 Å². The molecule has 3 N–H and O–H groups in total. The summed E-state index contributed by atoms with van der Waals surface area (Å²) in [5, 5.41) is 13.8. The topological polar surface area (TPSA) is 161 Å². The summed E-state index contributed by atoms with van der Waals surface area (Å²) in [7, 11) is 0. The molecule has 0 bridgehead atoms. The van der Waals surface area contributed by atoms with E-state index in [0.717, 1.165) is 5.01 Å². The van der Waals surface area contributed by atoms with Crippen LogP contribution in [0.15, 0.2) is 0 Å². The molecule has 0 saturated heterocycles. The first-order valence-electron chi connectivity index (χ1n) is 11.4. The highest BCUT2D eigenvalue weighted by atomic mass is 16.6. The number of alkyl carbamates (subject to hydrolysis) is 1. The molecule has 5 atom stereocenters. The number of aliphatic hydroxyl groups is 1. The number of carbonyl (C=O) groups is 5. The van der Waals surface area contributed by atoms with Crippen LogP contribution in [0.2, 0.25) is 0 Å². The molecule has 0 aromatic rings. The molecule has 0 spiro atoms. The zero-order valence-electron chi connectivity index (χ0n) is 20.5. The Morgan fingerprint density at radius 1 is 1.06 bits per heavy atom. The summed E-state index contributed by atoms with van der Waals surface area (Å²) < 4.78 is 15.4. The van der Waals surface area contributed by atoms with E-state index >= 15 is 0 Å². The lowest BCUT2D eigenvalue weighted by atomic mass is 9.88. The van der Waals surface area contributed by atoms with E-state index in [2.05, 4.69) is 10.7 Å². The Morgan fingerprint density at radius 3 is 2.21 bits per heavy atom. The van der Waals surface area contributed by atoms with Crippen LogP contribution in [0.25, 0.3) is 0 Å². The second-order valence-corrected chi connectivity index (χ2v) is 9.27. The van der Waals surface area contributed by atoms with Crippen molar-refractivity contribution in [2.24, 2.45) is 17.8 Å². The standard InChI is InChI=1S/C22H35N3O9/c1-7-14(28)25(24-13(27)11-23-20(31)34-21(4,5)6)22(19(30)33-9-3)10-12(26)15-16(17(15)22)18(29)32-8-2/h12,15-17,26H,7-11H2,1-6H3,(H,23,31)(H,24,27). The summed E-state index contributed by atoms with van der Waals surface area (Å²) in [5.41, 5.74) is -0.188. The second kappa shape index (κ2) is 10.6. The number of carbonyl (C=O) groups excluding carboxylic acids is 5. The SMILES string of the molecule is CCOC(=O)C1C2C(O)CC(C(=O)OCC)(N(NC(=O)CNC(=O)OC(C)(C)C)C(=O)CC)C12. The molecule has 34 heavy (non-hydrogen) atoms. The van der Waals surface area contributed by atoms with Crippen molar-refractivity contribution in [1.82, 2.24) is 15.8 Å². The van der Waals surface area contributed by atoms with Gasteiger partial charge in [0.2, 0.25) is 5.91 Å². The van der Waals surface area contributed by atoms with Gasteiger partial charge in [0, 0.05) is 24.7 Å². The number of aliphatic hydroxyl groups excluding tert-OH is 1. The van der Waals surface area contributed by atoms with E-state index < -0.39 is 71.4 Å². The van der Waals surface area contributed by atoms with Crippen molar-refractivity contribution in [3.8, 4) is 0 Å². The van der Waals surface area contributed by atoms with Crippen molar-refractivity contribution in [3.63, 3.8) is 0 Å². The maximum Gasteiger partial charge on any atom is 0.408 e. The molecule has 0 heterocycles. The summed E-state index contributed by atoms with van der Waals surface area (Å²) >= 11 is 0. The van der Waals surface area contributed by atoms with Crippen molar-refractivity contribution < 1.29 is 43.3 Å². The number of amides is 3. The first kappa shape index (κ1) is 27.4. The number of fused-ring (bicyclic) bond motifs is 1. The predicted octanol–water partition coefficient (Wildman–Crippen LogP) is 0.273. The van der Waals surface area contributed by atoms with Crippen LogP contribution in [-0.4, -0.2) is 77.0 Å². The highest BCUT2D eigenvalue weighted by Gasteiger charge is 2.78. The van der Waals surface area contributed by atoms with Gasteiger partial charge in [-0.15, -0.1) is 0 Å². The molecule has 2 rings (SSSR count). The summed E-state index contributed by atoms with van der Waals surface area (Å²) in [6.07, 6.45) is -2.23. The minimum atomic E-state index is -1.80. The number of ether oxygens (including phenoxy) is 3. The van der Waals surface area contributed by atoms with Gasteiger partial charge in [-0.1, -0.05) is 6.92 Å². The van der Waals surface area contributed by atoms with Crippen LogP contribution in [0, 0.1) is 17.8 Å². The van der Waals surface area contributed by atoms with E-state index in [0.29, 0.717) is 0 Å². The molecule has 192 valence electrons. The zero-order valence-corrected chi connectivity index (χ0v) is 20.5. The Kier molecular flexibility index (Phi) is 8.51. The van der Waals surface area contributed by atoms with E-state index in [4.69, 9.17) is 14.2 Å². The first-order chi connectivity index (χ1) is 15.8. The third-order valence-electron chi connectivity index (χ3n) is 5.76. The zero-order chi connectivity index (χ0) is 25.8. The van der Waals surface area contributed by atoms with Crippen LogP contribution in [0.3, 0.4) is 0 Å². The Hall–Kier alpha value is -2.89. The predicted molar refractivity (Wildman–Crippen MR) is 117 cm³/mol. The number of hydrogen-bond acceptors (Lipinski definition) is 9. The molecule has 2 fully saturated rings. The van der Waals surface area contributed by atoms with Gasteiger partial charge in [0.05, 0.1) is 25.2 Å². The normalized spacial score (nSPS) is 27.1. The Morgan fingerprint density at radius 2 is 1.68 bits per heavy atom. The fourth-order valence-electron chi connectivity index (χ4n) is 4.54. The molecule has 2 saturated carbocycles. The third-order valence-corrected chi connectivity index (χ3v) is 5.76. The van der Waals surface area contributed by atoms with Gasteiger partial charge in [-0.3, -0.25) is 19.8 Å². The fraction of sp³-hybridized carbons (Fsp3) is 0.773. The lowest BCUT2D eigenvalue weighted by Gasteiger charge is -2.40. The molecule has 5 unspecified atom stereocenters. The van der Waals surface area contributed by atoms with Crippen LogP contribution in [0.5, 0.6) is 0 Å². The van der Waals surface area contributed by atoms with E-state index in [1.807, 2.05) is 0 Å². The fourth-order valence-corrected chi connectivity index (χ4v) is 4.54. The number of esters is 2. The van der Waals surface area contributed by atoms with Crippen LogP contribution in [0.4, 0.5) is 4.79 Å². The van der Waals surface area contributed by atoms with Crippen LogP contribution in [-0.2, 0) is 33.4 Å². The van der Waals surface area contributed by atoms with Gasteiger partial charge in [-0.2, -0.15) is 0 Å². The smallest absolute Gasteiger partial charge is 0.408 e. The van der Waals surface area contributed by atoms with Crippen molar-refractivity contribution in [2.45, 2.75) is 71.6 Å². The molecular weight excluding hydrogens is 450 g/mol. The molecule has 0 aromatic carbocycles. The van der Waals surface area contributed by atoms with E-state index in [1.165, 1.54) is 6.92 Å². The van der Waals surface area contributed by atoms with Gasteiger partial charge >= 0.3 is 18.0 Å². The number of hydrazine groups is 1. The number of nitrogens with zero attached hydrogens (tertiary/aromatic N) is 1. The Bertz CT molecular complexity index is 825. The van der Waals surface area contributed by atoms with Gasteiger partial charge < -0.3 is 24.6 Å². The van der Waals surface area contributed by atoms with Gasteiger partial charge in [-0.25, -0.2) is 14.6 Å². The third kappa shape index (κ3) is 5.60. The van der Waals surface area contributed by atoms with Crippen molar-refractivity contribution >= 4 is 29.8 Å². The Labute approximate surface area is 198 Å². The minimum absolute atomic E-state index is 0.0135. The first-order valence-corrected chi connectivity index (χ1v) is 11.4. The highest BCUT2D eigenvalue weighted by Crippen LogP contribution is 2.64. The lowest BCUT2D eigenvalue weighted by molar-refractivity contribution is -0.174. The lowest BCUT2D eigenvalue weighted by Crippen LogP contribution is -2.66. The number of nitrogens with one attached hydrogen (secondary N) is 2. The summed E-state index contributed by atoms with van der Waals surface area (Å²) in [6, 6.07) is 0. The molecule has 3 amide bonds. The average molecular weight is 486 g/mol. The number of rotatable bonds is 8. The number of hydrogen-bond donors (Lipinski definition) is 3. The van der Waals surface area contributed by atoms with Crippen LogP contribution in [0.1, 0.15) is 54.4 Å².